The van der Waals surface area contributed by atoms with Crippen molar-refractivity contribution in [3.63, 3.8) is 0 Å². The molecule has 0 amide bonds. The van der Waals surface area contributed by atoms with Crippen LogP contribution in [0.4, 0.5) is 0 Å². The lowest BCUT2D eigenvalue weighted by Crippen LogP contribution is -2.22. The van der Waals surface area contributed by atoms with E-state index >= 15 is 0 Å². The Labute approximate surface area is 103 Å². The topological polar surface area (TPSA) is 29.9 Å². The van der Waals surface area contributed by atoms with Crippen molar-refractivity contribution < 1.29 is 0 Å². The maximum atomic E-state index is 6.27. The maximum absolute atomic E-state index is 6.27. The summed E-state index contributed by atoms with van der Waals surface area (Å²) in [6, 6.07) is 0. The van der Waals surface area contributed by atoms with E-state index in [2.05, 4.69) is 31.2 Å². The van der Waals surface area contributed by atoms with Crippen LogP contribution in [-0.2, 0) is 13.0 Å². The molecule has 0 aliphatic heterocycles. The molecule has 3 nitrogen and oxygen atoms in total. The molecular formula is C12H22ClN3. The first-order valence-corrected chi connectivity index (χ1v) is 6.40. The molecule has 0 fully saturated rings. The number of nitrogens with one attached hydrogen (secondary N) is 1. The van der Waals surface area contributed by atoms with E-state index in [9.17, 15) is 0 Å². The Balaban J connectivity index is 2.71. The minimum Gasteiger partial charge on any atom is -0.317 e. The molecule has 0 bridgehead atoms. The quantitative estimate of drug-likeness (QED) is 0.833. The van der Waals surface area contributed by atoms with E-state index in [4.69, 9.17) is 11.6 Å². The molecule has 1 aromatic rings. The molecule has 0 aliphatic carbocycles. The van der Waals surface area contributed by atoms with E-state index in [1.807, 2.05) is 11.6 Å². The fourth-order valence-corrected chi connectivity index (χ4v) is 2.07. The third-order valence-electron chi connectivity index (χ3n) is 2.74. The minimum absolute atomic E-state index is 0.582. The van der Waals surface area contributed by atoms with Crippen molar-refractivity contribution in [1.82, 2.24) is 15.1 Å². The van der Waals surface area contributed by atoms with Gasteiger partial charge in [0, 0.05) is 6.54 Å². The Bertz CT molecular complexity index is 333. The van der Waals surface area contributed by atoms with Crippen LogP contribution in [0.5, 0.6) is 0 Å². The van der Waals surface area contributed by atoms with Crippen molar-refractivity contribution in [2.45, 2.75) is 40.7 Å². The lowest BCUT2D eigenvalue weighted by Gasteiger charge is -2.13. The van der Waals surface area contributed by atoms with Crippen LogP contribution in [0.1, 0.15) is 32.2 Å². The van der Waals surface area contributed by atoms with Gasteiger partial charge < -0.3 is 5.32 Å². The molecular weight excluding hydrogens is 222 g/mol. The minimum atomic E-state index is 0.582. The number of aryl methyl sites for hydroxylation is 2. The highest BCUT2D eigenvalue weighted by Gasteiger charge is 2.14. The Morgan fingerprint density at radius 2 is 2.12 bits per heavy atom. The van der Waals surface area contributed by atoms with Crippen LogP contribution >= 0.6 is 11.6 Å². The van der Waals surface area contributed by atoms with Gasteiger partial charge in [0.05, 0.1) is 16.4 Å². The van der Waals surface area contributed by atoms with Crippen LogP contribution < -0.4 is 5.32 Å². The van der Waals surface area contributed by atoms with Crippen molar-refractivity contribution in [1.29, 1.82) is 0 Å². The average molecular weight is 244 g/mol. The van der Waals surface area contributed by atoms with Crippen LogP contribution in [0.25, 0.3) is 0 Å². The summed E-state index contributed by atoms with van der Waals surface area (Å²) in [7, 11) is 0. The van der Waals surface area contributed by atoms with Gasteiger partial charge >= 0.3 is 0 Å². The van der Waals surface area contributed by atoms with E-state index in [1.165, 1.54) is 5.69 Å². The molecule has 0 saturated carbocycles. The van der Waals surface area contributed by atoms with E-state index < -0.39 is 0 Å². The molecule has 92 valence electrons. The molecule has 1 aromatic heterocycles. The summed E-state index contributed by atoms with van der Waals surface area (Å²) in [4.78, 5) is 0. The first-order chi connectivity index (χ1) is 7.60. The second-order valence-electron chi connectivity index (χ2n) is 4.28. The molecule has 1 N–H and O–H groups in total. The SMILES string of the molecule is CCNCC(C)Cc1c(Cl)c(C)nn1CC. The van der Waals surface area contributed by atoms with Gasteiger partial charge in [-0.15, -0.1) is 0 Å². The predicted octanol–water partition coefficient (Wildman–Crippen LogP) is 2.65. The van der Waals surface area contributed by atoms with Gasteiger partial charge in [0.15, 0.2) is 0 Å². The van der Waals surface area contributed by atoms with Gasteiger partial charge in [-0.3, -0.25) is 4.68 Å². The Morgan fingerprint density at radius 3 is 2.69 bits per heavy atom. The van der Waals surface area contributed by atoms with Gasteiger partial charge in [0.25, 0.3) is 0 Å². The second-order valence-corrected chi connectivity index (χ2v) is 4.66. The fourth-order valence-electron chi connectivity index (χ4n) is 1.86. The second kappa shape index (κ2) is 6.26. The molecule has 16 heavy (non-hydrogen) atoms. The molecule has 0 aliphatic rings. The highest BCUT2D eigenvalue weighted by Crippen LogP contribution is 2.22. The van der Waals surface area contributed by atoms with Crippen molar-refractivity contribution >= 4 is 11.6 Å². The average Bonchev–Trinajstić information content (AvgIpc) is 2.54. The lowest BCUT2D eigenvalue weighted by molar-refractivity contribution is 0.494. The lowest BCUT2D eigenvalue weighted by atomic mass is 10.1. The maximum Gasteiger partial charge on any atom is 0.0847 e. The number of nitrogens with zero attached hydrogens (tertiary/aromatic N) is 2. The molecule has 1 heterocycles. The van der Waals surface area contributed by atoms with E-state index in [-0.39, 0.29) is 0 Å². The molecule has 1 atom stereocenters. The number of halogens is 1. The normalized spacial score (nSPS) is 13.1. The van der Waals surface area contributed by atoms with Crippen LogP contribution in [0, 0.1) is 12.8 Å². The van der Waals surface area contributed by atoms with Gasteiger partial charge in [0.1, 0.15) is 0 Å². The highest BCUT2D eigenvalue weighted by molar-refractivity contribution is 6.31. The zero-order valence-electron chi connectivity index (χ0n) is 10.7. The number of rotatable bonds is 6. The molecule has 0 radical (unpaired) electrons. The number of hydrogen-bond donors (Lipinski definition) is 1. The van der Waals surface area contributed by atoms with Crippen LogP contribution in [0.2, 0.25) is 5.02 Å². The summed E-state index contributed by atoms with van der Waals surface area (Å²) in [5.41, 5.74) is 2.11. The van der Waals surface area contributed by atoms with Crippen molar-refractivity contribution in [2.75, 3.05) is 13.1 Å². The van der Waals surface area contributed by atoms with Gasteiger partial charge in [-0.1, -0.05) is 25.4 Å². The van der Waals surface area contributed by atoms with Gasteiger partial charge in [-0.05, 0) is 39.3 Å². The van der Waals surface area contributed by atoms with Crippen molar-refractivity contribution in [2.24, 2.45) is 5.92 Å². The van der Waals surface area contributed by atoms with Gasteiger partial charge in [-0.25, -0.2) is 0 Å². The molecule has 4 heteroatoms. The third-order valence-corrected chi connectivity index (χ3v) is 3.23. The number of aromatic nitrogens is 2. The van der Waals surface area contributed by atoms with Gasteiger partial charge in [0.2, 0.25) is 0 Å². The summed E-state index contributed by atoms with van der Waals surface area (Å²) in [5.74, 6) is 0.582. The summed E-state index contributed by atoms with van der Waals surface area (Å²) in [6.45, 7) is 11.4. The van der Waals surface area contributed by atoms with Crippen molar-refractivity contribution in [3.05, 3.63) is 16.4 Å². The highest BCUT2D eigenvalue weighted by atomic mass is 35.5. The first kappa shape index (κ1) is 13.5. The zero-order valence-corrected chi connectivity index (χ0v) is 11.4. The van der Waals surface area contributed by atoms with Crippen LogP contribution in [0.3, 0.4) is 0 Å². The molecule has 0 saturated heterocycles. The van der Waals surface area contributed by atoms with Crippen LogP contribution in [0.15, 0.2) is 0 Å². The Hall–Kier alpha value is -0.540. The summed E-state index contributed by atoms with van der Waals surface area (Å²) < 4.78 is 2.01. The monoisotopic (exact) mass is 243 g/mol. The first-order valence-electron chi connectivity index (χ1n) is 6.02. The predicted molar refractivity (Wildman–Crippen MR) is 69.1 cm³/mol. The number of hydrogen-bond acceptors (Lipinski definition) is 2. The molecule has 1 rings (SSSR count). The molecule has 0 spiro atoms. The third kappa shape index (κ3) is 3.22. The molecule has 1 unspecified atom stereocenters. The Morgan fingerprint density at radius 1 is 1.44 bits per heavy atom. The van der Waals surface area contributed by atoms with Gasteiger partial charge in [-0.2, -0.15) is 5.10 Å². The standard InChI is InChI=1S/C12H22ClN3/c1-5-14-8-9(3)7-11-12(13)10(4)15-16(11)6-2/h9,14H,5-8H2,1-4H3. The van der Waals surface area contributed by atoms with E-state index in [1.54, 1.807) is 0 Å². The molecule has 0 aromatic carbocycles. The summed E-state index contributed by atoms with van der Waals surface area (Å²) in [5, 5.41) is 8.62. The Kier molecular flexibility index (Phi) is 5.29. The zero-order chi connectivity index (χ0) is 12.1. The van der Waals surface area contributed by atoms with Crippen LogP contribution in [-0.4, -0.2) is 22.9 Å². The van der Waals surface area contributed by atoms with Crippen molar-refractivity contribution in [3.8, 4) is 0 Å². The smallest absolute Gasteiger partial charge is 0.0847 e. The fraction of sp³-hybridized carbons (Fsp3) is 0.750. The van der Waals surface area contributed by atoms with E-state index in [0.29, 0.717) is 5.92 Å². The van der Waals surface area contributed by atoms with E-state index in [0.717, 1.165) is 36.8 Å². The summed E-state index contributed by atoms with van der Waals surface area (Å²) in [6.07, 6.45) is 0.987. The largest absolute Gasteiger partial charge is 0.317 e. The summed E-state index contributed by atoms with van der Waals surface area (Å²) >= 11 is 6.27.